The van der Waals surface area contributed by atoms with Gasteiger partial charge in [0.05, 0.1) is 22.0 Å². The quantitative estimate of drug-likeness (QED) is 0.343. The lowest BCUT2D eigenvalue weighted by Crippen LogP contribution is -2.19. The number of rotatable bonds is 6. The van der Waals surface area contributed by atoms with E-state index >= 15 is 0 Å². The van der Waals surface area contributed by atoms with Crippen LogP contribution in [0.15, 0.2) is 63.6 Å². The number of hydrogen-bond donors (Lipinski definition) is 0. The van der Waals surface area contributed by atoms with Gasteiger partial charge in [-0.3, -0.25) is 0 Å². The molecule has 0 bridgehead atoms. The highest BCUT2D eigenvalue weighted by Crippen LogP contribution is 2.38. The summed E-state index contributed by atoms with van der Waals surface area (Å²) in [6.07, 6.45) is -2.92. The van der Waals surface area contributed by atoms with Crippen LogP contribution in [0.4, 0.5) is 13.2 Å². The van der Waals surface area contributed by atoms with E-state index in [1.807, 2.05) is 23.6 Å². The summed E-state index contributed by atoms with van der Waals surface area (Å²) in [6.45, 7) is 0.668. The second kappa shape index (κ2) is 8.03. The van der Waals surface area contributed by atoms with Crippen molar-refractivity contribution in [2.24, 2.45) is 0 Å². The van der Waals surface area contributed by atoms with Gasteiger partial charge in [-0.05, 0) is 23.9 Å². The molecule has 4 rings (SSSR count). The van der Waals surface area contributed by atoms with Crippen LogP contribution in [-0.2, 0) is 6.54 Å². The maximum absolute atomic E-state index is 13.2. The molecule has 1 aromatic carbocycles. The van der Waals surface area contributed by atoms with Crippen LogP contribution in [-0.4, -0.2) is 25.9 Å². The molecule has 0 aliphatic heterocycles. The van der Waals surface area contributed by atoms with Gasteiger partial charge < -0.3 is 8.98 Å². The fraction of sp³-hybridized carbons (Fsp3) is 0.211. The number of halogens is 3. The zero-order chi connectivity index (χ0) is 20.4. The molecule has 1 unspecified atom stereocenters. The van der Waals surface area contributed by atoms with Gasteiger partial charge in [-0.25, -0.2) is 4.98 Å². The molecule has 1 atom stereocenters. The number of nitrogens with zero attached hydrogens (tertiary/aromatic N) is 4. The van der Waals surface area contributed by atoms with Gasteiger partial charge in [0.1, 0.15) is 6.54 Å². The lowest BCUT2D eigenvalue weighted by atomic mass is 10.2. The summed E-state index contributed by atoms with van der Waals surface area (Å²) in [5.74, 6) is 0.729. The molecule has 0 aliphatic carbocycles. The lowest BCUT2D eigenvalue weighted by molar-refractivity contribution is -0.141. The molecule has 0 saturated carbocycles. The minimum Gasteiger partial charge on any atom is -0.419 e. The van der Waals surface area contributed by atoms with Crippen LogP contribution >= 0.6 is 23.1 Å². The summed E-state index contributed by atoms with van der Waals surface area (Å²) in [6, 6.07) is 12.6. The van der Waals surface area contributed by atoms with Gasteiger partial charge >= 0.3 is 6.18 Å². The second-order valence-electron chi connectivity index (χ2n) is 6.18. The molecule has 0 N–H and O–H groups in total. The first-order valence-electron chi connectivity index (χ1n) is 8.62. The largest absolute Gasteiger partial charge is 0.419 e. The molecule has 3 heterocycles. The average molecular weight is 436 g/mol. The Kier molecular flexibility index (Phi) is 5.46. The summed E-state index contributed by atoms with van der Waals surface area (Å²) < 4.78 is 46.5. The predicted octanol–water partition coefficient (Wildman–Crippen LogP) is 6.08. The van der Waals surface area contributed by atoms with Crippen molar-refractivity contribution in [3.8, 4) is 22.0 Å². The van der Waals surface area contributed by atoms with Crippen molar-refractivity contribution in [2.75, 3.05) is 0 Å². The Balaban J connectivity index is 1.62. The molecule has 0 amide bonds. The summed E-state index contributed by atoms with van der Waals surface area (Å²) >= 11 is 2.62. The van der Waals surface area contributed by atoms with Crippen LogP contribution < -0.4 is 0 Å². The molecule has 0 aliphatic rings. The lowest BCUT2D eigenvalue weighted by Gasteiger charge is -2.15. The number of benzene rings is 1. The maximum atomic E-state index is 13.2. The molecule has 3 aromatic heterocycles. The van der Waals surface area contributed by atoms with Crippen LogP contribution in [0.1, 0.15) is 18.1 Å². The Morgan fingerprint density at radius 2 is 1.93 bits per heavy atom. The van der Waals surface area contributed by atoms with E-state index in [9.17, 15) is 13.2 Å². The zero-order valence-corrected chi connectivity index (χ0v) is 16.8. The number of imidazole rings is 1. The van der Waals surface area contributed by atoms with Crippen LogP contribution in [0.3, 0.4) is 0 Å². The van der Waals surface area contributed by atoms with E-state index in [0.29, 0.717) is 23.0 Å². The normalized spacial score (nSPS) is 13.0. The smallest absolute Gasteiger partial charge is 0.406 e. The highest BCUT2D eigenvalue weighted by Gasteiger charge is 2.31. The van der Waals surface area contributed by atoms with Crippen LogP contribution in [0.2, 0.25) is 0 Å². The molecular formula is C19H15F3N4OS2. The van der Waals surface area contributed by atoms with Crippen molar-refractivity contribution in [1.29, 1.82) is 0 Å². The van der Waals surface area contributed by atoms with Gasteiger partial charge in [0.15, 0.2) is 5.16 Å². The van der Waals surface area contributed by atoms with E-state index < -0.39 is 12.7 Å². The molecule has 29 heavy (non-hydrogen) atoms. The molecule has 0 radical (unpaired) electrons. The van der Waals surface area contributed by atoms with Gasteiger partial charge in [-0.15, -0.1) is 21.5 Å². The van der Waals surface area contributed by atoms with Gasteiger partial charge in [0.2, 0.25) is 5.89 Å². The van der Waals surface area contributed by atoms with E-state index in [4.69, 9.17) is 4.42 Å². The Bertz CT molecular complexity index is 1070. The van der Waals surface area contributed by atoms with Crippen LogP contribution in [0.25, 0.3) is 22.0 Å². The molecule has 0 spiro atoms. The second-order valence-corrected chi connectivity index (χ2v) is 8.43. The molecule has 5 nitrogen and oxygen atoms in total. The van der Waals surface area contributed by atoms with Gasteiger partial charge in [0.25, 0.3) is 5.89 Å². The van der Waals surface area contributed by atoms with E-state index in [1.165, 1.54) is 22.1 Å². The Morgan fingerprint density at radius 3 is 2.62 bits per heavy atom. The molecule has 4 aromatic rings. The van der Waals surface area contributed by atoms with Crippen molar-refractivity contribution in [1.82, 2.24) is 19.7 Å². The topological polar surface area (TPSA) is 56.7 Å². The van der Waals surface area contributed by atoms with E-state index in [1.54, 1.807) is 31.2 Å². The number of thioether (sulfide) groups is 1. The fourth-order valence-electron chi connectivity index (χ4n) is 2.73. The molecule has 150 valence electrons. The van der Waals surface area contributed by atoms with Gasteiger partial charge in [-0.1, -0.05) is 48.2 Å². The summed E-state index contributed by atoms with van der Waals surface area (Å²) in [5, 5.41) is 9.85. The summed E-state index contributed by atoms with van der Waals surface area (Å²) in [5.41, 5.74) is 1.07. The third-order valence-electron chi connectivity index (χ3n) is 4.03. The fourth-order valence-corrected chi connectivity index (χ4v) is 4.29. The molecular weight excluding hydrogens is 421 g/mol. The summed E-state index contributed by atoms with van der Waals surface area (Å²) in [4.78, 5) is 5.08. The Hall–Kier alpha value is -2.59. The third kappa shape index (κ3) is 4.54. The molecule has 10 heteroatoms. The Labute approximate surface area is 172 Å². The van der Waals surface area contributed by atoms with Crippen molar-refractivity contribution in [2.45, 2.75) is 30.1 Å². The minimum atomic E-state index is -4.38. The van der Waals surface area contributed by atoms with E-state index in [2.05, 4.69) is 15.2 Å². The van der Waals surface area contributed by atoms with E-state index in [-0.39, 0.29) is 10.4 Å². The third-order valence-corrected chi connectivity index (χ3v) is 5.98. The highest BCUT2D eigenvalue weighted by atomic mass is 32.2. The maximum Gasteiger partial charge on any atom is 0.406 e. The zero-order valence-electron chi connectivity index (χ0n) is 15.1. The number of alkyl halides is 3. The number of hydrogen-bond acceptors (Lipinski definition) is 6. The first-order chi connectivity index (χ1) is 13.9. The van der Waals surface area contributed by atoms with Crippen molar-refractivity contribution in [3.63, 3.8) is 0 Å². The van der Waals surface area contributed by atoms with Crippen molar-refractivity contribution < 1.29 is 17.6 Å². The molecule has 0 saturated heterocycles. The monoisotopic (exact) mass is 436 g/mol. The minimum absolute atomic E-state index is 0.240. The standard InChI is InChI=1S/C19H15F3N4OS2/c1-12(16-24-25-17(27-16)15-8-5-9-28-15)29-18-23-10-14(13-6-3-2-4-7-13)26(18)11-19(20,21)22/h2-10,12H,11H2,1H3. The Morgan fingerprint density at radius 1 is 1.14 bits per heavy atom. The highest BCUT2D eigenvalue weighted by molar-refractivity contribution is 7.99. The number of aromatic nitrogens is 4. The van der Waals surface area contributed by atoms with Crippen LogP contribution in [0.5, 0.6) is 0 Å². The predicted molar refractivity (Wildman–Crippen MR) is 106 cm³/mol. The van der Waals surface area contributed by atoms with Crippen molar-refractivity contribution in [3.05, 3.63) is 59.9 Å². The summed E-state index contributed by atoms with van der Waals surface area (Å²) in [7, 11) is 0. The molecule has 0 fully saturated rings. The van der Waals surface area contributed by atoms with Crippen LogP contribution in [0, 0.1) is 0 Å². The first-order valence-corrected chi connectivity index (χ1v) is 10.4. The SMILES string of the molecule is CC(Sc1ncc(-c2ccccc2)n1CC(F)(F)F)c1nnc(-c2cccs2)o1. The van der Waals surface area contributed by atoms with E-state index in [0.717, 1.165) is 16.6 Å². The van der Waals surface area contributed by atoms with Gasteiger partial charge in [-0.2, -0.15) is 13.2 Å². The first kappa shape index (κ1) is 19.7. The van der Waals surface area contributed by atoms with Crippen molar-refractivity contribution >= 4 is 23.1 Å². The number of thiophene rings is 1. The van der Waals surface area contributed by atoms with Gasteiger partial charge in [0, 0.05) is 0 Å². The average Bonchev–Trinajstić information content (AvgIpc) is 3.42.